The summed E-state index contributed by atoms with van der Waals surface area (Å²) in [5.41, 5.74) is 0. The first-order valence-corrected chi connectivity index (χ1v) is 0. The van der Waals surface area contributed by atoms with Gasteiger partial charge in [0.05, 0.1) is 0 Å². The van der Waals surface area contributed by atoms with Crippen molar-refractivity contribution in [3.63, 3.8) is 0 Å². The quantitative estimate of drug-likeness (QED) is 0.429. The fourth-order valence-corrected chi connectivity index (χ4v) is 0. The van der Waals surface area contributed by atoms with Crippen molar-refractivity contribution in [2.24, 2.45) is 0 Å². The van der Waals surface area contributed by atoms with E-state index in [0.29, 0.717) is 0 Å². The molecule has 0 aliphatic heterocycles. The first-order chi connectivity index (χ1) is 0. The maximum Gasteiger partial charge on any atom is 1.00 e. The minimum Gasteiger partial charge on any atom is -2.00 e. The molecule has 0 saturated carbocycles. The molecule has 0 aromatic carbocycles. The minimum atomic E-state index is 0. The van der Waals surface area contributed by atoms with Gasteiger partial charge in [-0.1, -0.05) is 14.9 Å². The molecule has 0 bridgehead atoms. The van der Waals surface area contributed by atoms with Crippen LogP contribution in [0.3, 0.4) is 0 Å². The van der Waals surface area contributed by atoms with E-state index in [-0.39, 0.29) is 158 Å². The molecule has 0 unspecified atom stereocenters. The zero-order valence-corrected chi connectivity index (χ0v) is 15.0. The Labute approximate surface area is 152 Å². The molecule has 0 atom stereocenters. The van der Waals surface area contributed by atoms with Crippen LogP contribution < -0.4 is 138 Å². The van der Waals surface area contributed by atoms with E-state index in [9.17, 15) is 0 Å². The molecule has 24 valence electrons. The van der Waals surface area contributed by atoms with E-state index in [4.69, 9.17) is 0 Å². The van der Waals surface area contributed by atoms with Gasteiger partial charge in [0, 0.05) is 0 Å². The predicted octanol–water partition coefficient (Wildman–Crippen LogP) is -4.84. The molecule has 0 aromatic rings. The van der Waals surface area contributed by atoms with Gasteiger partial charge in [-0.25, -0.2) is 0 Å². The van der Waals surface area contributed by atoms with E-state index in [0.717, 1.165) is 0 Å². The van der Waals surface area contributed by atoms with Gasteiger partial charge in [0.15, 0.2) is 0 Å². The summed E-state index contributed by atoms with van der Waals surface area (Å²) in [5, 5.41) is 0. The monoisotopic (exact) mass is 314 g/mol. The molecule has 0 N–H and O–H groups in total. The third-order valence-corrected chi connectivity index (χ3v) is 0. The van der Waals surface area contributed by atoms with Crippen molar-refractivity contribution < 1.29 is 143 Å². The van der Waals surface area contributed by atoms with Crippen LogP contribution in [0.2, 0.25) is 0 Å². The molecular formula is C2H8Cs2O. The molecular weight excluding hydrogens is 306 g/mol. The predicted molar refractivity (Wildman–Crippen MR) is 14.1 cm³/mol. The smallest absolute Gasteiger partial charge is 1.00 e. The molecule has 0 saturated heterocycles. The van der Waals surface area contributed by atoms with Crippen LogP contribution >= 0.6 is 0 Å². The van der Waals surface area contributed by atoms with Crippen LogP contribution in [0, 0.1) is 0 Å². The van der Waals surface area contributed by atoms with Crippen molar-refractivity contribution in [1.82, 2.24) is 0 Å². The summed E-state index contributed by atoms with van der Waals surface area (Å²) < 4.78 is 0. The van der Waals surface area contributed by atoms with E-state index < -0.39 is 0 Å². The van der Waals surface area contributed by atoms with Crippen LogP contribution in [-0.2, 0) is 5.48 Å². The summed E-state index contributed by atoms with van der Waals surface area (Å²) in [7, 11) is 0. The van der Waals surface area contributed by atoms with Gasteiger partial charge < -0.3 is 5.48 Å². The van der Waals surface area contributed by atoms with E-state index in [2.05, 4.69) is 0 Å². The molecule has 0 aliphatic rings. The Bertz CT molecular complexity index is 7.61. The molecule has 0 rings (SSSR count). The van der Waals surface area contributed by atoms with Gasteiger partial charge in [-0.2, -0.15) is 0 Å². The molecule has 0 radical (unpaired) electrons. The zero-order chi connectivity index (χ0) is 0. The SMILES string of the molecule is C.C.[Cs+].[Cs+].[O-2]. The summed E-state index contributed by atoms with van der Waals surface area (Å²) >= 11 is 0. The average Bonchev–Trinajstić information content (AvgIpc) is 0. The molecule has 3 heteroatoms. The molecule has 1 nitrogen and oxygen atoms in total. The maximum absolute atomic E-state index is 0. The normalized spacial score (nSPS) is 0. The fraction of sp³-hybridized carbons (Fsp3) is 1.00. The van der Waals surface area contributed by atoms with Gasteiger partial charge in [-0.05, 0) is 0 Å². The van der Waals surface area contributed by atoms with Crippen molar-refractivity contribution in [2.75, 3.05) is 0 Å². The Balaban J connectivity index is 0. The Hall–Kier alpha value is 4.06. The van der Waals surface area contributed by atoms with Crippen LogP contribution in [0.15, 0.2) is 0 Å². The van der Waals surface area contributed by atoms with Crippen molar-refractivity contribution in [2.45, 2.75) is 14.9 Å². The Morgan fingerprint density at radius 2 is 0.600 bits per heavy atom. The number of hydrogen-bond acceptors (Lipinski definition) is 0. The van der Waals surface area contributed by atoms with E-state index in [1.807, 2.05) is 0 Å². The minimum absolute atomic E-state index is 0. The molecule has 0 fully saturated rings. The van der Waals surface area contributed by atoms with Crippen molar-refractivity contribution in [3.05, 3.63) is 0 Å². The van der Waals surface area contributed by atoms with Gasteiger partial charge in [0.25, 0.3) is 0 Å². The second-order valence-corrected chi connectivity index (χ2v) is 0. The zero-order valence-electron chi connectivity index (χ0n) is 2.41. The first-order valence-electron chi connectivity index (χ1n) is 0. The molecule has 0 amide bonds. The third kappa shape index (κ3) is 18.0. The second-order valence-electron chi connectivity index (χ2n) is 0. The Morgan fingerprint density at radius 3 is 0.600 bits per heavy atom. The molecule has 5 heavy (non-hydrogen) atoms. The number of rotatable bonds is 0. The molecule has 0 aromatic heterocycles. The summed E-state index contributed by atoms with van der Waals surface area (Å²) in [6.45, 7) is 0. The van der Waals surface area contributed by atoms with Crippen LogP contribution in [0.1, 0.15) is 14.9 Å². The molecule has 0 heterocycles. The summed E-state index contributed by atoms with van der Waals surface area (Å²) in [5.74, 6) is 0. The van der Waals surface area contributed by atoms with Crippen LogP contribution in [0.4, 0.5) is 0 Å². The number of hydrogen-bond donors (Lipinski definition) is 0. The molecule has 0 aliphatic carbocycles. The Morgan fingerprint density at radius 1 is 0.600 bits per heavy atom. The third-order valence-electron chi connectivity index (χ3n) is 0. The van der Waals surface area contributed by atoms with Crippen molar-refractivity contribution in [1.29, 1.82) is 0 Å². The Kier molecular flexibility index (Phi) is 174. The van der Waals surface area contributed by atoms with E-state index >= 15 is 0 Å². The van der Waals surface area contributed by atoms with Gasteiger partial charge in [-0.3, -0.25) is 0 Å². The van der Waals surface area contributed by atoms with E-state index in [1.165, 1.54) is 0 Å². The maximum atomic E-state index is 0. The molecule has 0 spiro atoms. The van der Waals surface area contributed by atoms with Gasteiger partial charge >= 0.3 is 138 Å². The summed E-state index contributed by atoms with van der Waals surface area (Å²) in [6.07, 6.45) is 0. The van der Waals surface area contributed by atoms with E-state index in [1.54, 1.807) is 0 Å². The van der Waals surface area contributed by atoms with Gasteiger partial charge in [0.1, 0.15) is 0 Å². The van der Waals surface area contributed by atoms with Crippen molar-refractivity contribution >= 4 is 0 Å². The van der Waals surface area contributed by atoms with Crippen LogP contribution in [0.25, 0.3) is 0 Å². The first kappa shape index (κ1) is 35.7. The average molecular weight is 314 g/mol. The van der Waals surface area contributed by atoms with Gasteiger partial charge in [-0.15, -0.1) is 0 Å². The fourth-order valence-electron chi connectivity index (χ4n) is 0. The topological polar surface area (TPSA) is 28.5 Å². The second kappa shape index (κ2) is 24.4. The van der Waals surface area contributed by atoms with Gasteiger partial charge in [0.2, 0.25) is 0 Å². The summed E-state index contributed by atoms with van der Waals surface area (Å²) in [6, 6.07) is 0. The standard InChI is InChI=1S/2CH4.2Cs.O/h2*1H4;;;/q;;2*+1;-2. The van der Waals surface area contributed by atoms with Crippen LogP contribution in [0.5, 0.6) is 0 Å². The summed E-state index contributed by atoms with van der Waals surface area (Å²) in [4.78, 5) is 0. The largest absolute Gasteiger partial charge is 2.00 e. The van der Waals surface area contributed by atoms with Crippen molar-refractivity contribution in [3.8, 4) is 0 Å². The van der Waals surface area contributed by atoms with Crippen LogP contribution in [-0.4, -0.2) is 0 Å².